The summed E-state index contributed by atoms with van der Waals surface area (Å²) in [6, 6.07) is 0. The van der Waals surface area contributed by atoms with Crippen molar-refractivity contribution in [3.8, 4) is 0 Å². The number of carbonyl (C=O) groups is 1. The van der Waals surface area contributed by atoms with Crippen LogP contribution in [0.3, 0.4) is 0 Å². The quantitative estimate of drug-likeness (QED) is 0.570. The molecule has 0 aromatic carbocycles. The monoisotopic (exact) mass is 242 g/mol. The van der Waals surface area contributed by atoms with Gasteiger partial charge in [0.1, 0.15) is 5.69 Å². The van der Waals surface area contributed by atoms with Crippen LogP contribution in [0.2, 0.25) is 0 Å². The Morgan fingerprint density at radius 1 is 1.59 bits per heavy atom. The van der Waals surface area contributed by atoms with Crippen molar-refractivity contribution in [2.24, 2.45) is 0 Å². The lowest BCUT2D eigenvalue weighted by Crippen LogP contribution is -2.24. The van der Waals surface area contributed by atoms with Crippen LogP contribution in [0.1, 0.15) is 36.5 Å². The maximum absolute atomic E-state index is 11.5. The number of rotatable bonds is 6. The topological polar surface area (TPSA) is 110 Å². The van der Waals surface area contributed by atoms with Crippen LogP contribution >= 0.6 is 0 Å². The minimum Gasteiger partial charge on any atom is -0.275 e. The molecule has 0 unspecified atom stereocenters. The van der Waals surface area contributed by atoms with Crippen molar-refractivity contribution in [3.63, 3.8) is 0 Å². The highest BCUT2D eigenvalue weighted by Gasteiger charge is 2.28. The number of aromatic nitrogens is 2. The minimum absolute atomic E-state index is 0.257. The molecule has 0 aliphatic carbocycles. The van der Waals surface area contributed by atoms with Gasteiger partial charge in [-0.2, -0.15) is 5.10 Å². The number of amides is 1. The Balaban J connectivity index is 2.99. The Labute approximate surface area is 97.5 Å². The van der Waals surface area contributed by atoms with Gasteiger partial charge in [0, 0.05) is 0 Å². The van der Waals surface area contributed by atoms with Crippen LogP contribution in [-0.4, -0.2) is 27.6 Å². The molecule has 8 heteroatoms. The Morgan fingerprint density at radius 3 is 2.82 bits per heavy atom. The number of aryl methyl sites for hydroxylation is 1. The standard InChI is InChI=1S/C9H14N4O4/c1-3-5-6-8(13(15)16)7(11-10-6)9(14)12-17-4-2/h3-5H2,1-2H3,(H,10,11)(H,12,14). The lowest BCUT2D eigenvalue weighted by atomic mass is 10.2. The van der Waals surface area contributed by atoms with Crippen molar-refractivity contribution in [2.75, 3.05) is 6.61 Å². The molecule has 8 nitrogen and oxygen atoms in total. The predicted molar refractivity (Wildman–Crippen MR) is 58.3 cm³/mol. The molecule has 0 radical (unpaired) electrons. The fraction of sp³-hybridized carbons (Fsp3) is 0.556. The summed E-state index contributed by atoms with van der Waals surface area (Å²) >= 11 is 0. The van der Waals surface area contributed by atoms with Gasteiger partial charge >= 0.3 is 11.6 Å². The van der Waals surface area contributed by atoms with E-state index in [0.717, 1.165) is 6.42 Å². The first-order chi connectivity index (χ1) is 8.11. The smallest absolute Gasteiger partial charge is 0.275 e. The molecule has 94 valence electrons. The van der Waals surface area contributed by atoms with E-state index < -0.39 is 10.8 Å². The zero-order chi connectivity index (χ0) is 12.8. The van der Waals surface area contributed by atoms with Crippen molar-refractivity contribution in [1.29, 1.82) is 0 Å². The average molecular weight is 242 g/mol. The number of H-pyrrole nitrogens is 1. The molecule has 0 spiro atoms. The van der Waals surface area contributed by atoms with Gasteiger partial charge in [0.25, 0.3) is 0 Å². The average Bonchev–Trinajstić information content (AvgIpc) is 2.70. The Kier molecular flexibility index (Phi) is 4.58. The molecule has 0 aliphatic rings. The highest BCUT2D eigenvalue weighted by Crippen LogP contribution is 2.22. The molecule has 17 heavy (non-hydrogen) atoms. The molecule has 1 amide bonds. The molecule has 1 aromatic heterocycles. The summed E-state index contributed by atoms with van der Waals surface area (Å²) in [5.74, 6) is -0.725. The van der Waals surface area contributed by atoms with Gasteiger partial charge in [-0.25, -0.2) is 5.48 Å². The molecule has 0 aliphatic heterocycles. The van der Waals surface area contributed by atoms with E-state index in [-0.39, 0.29) is 18.0 Å². The number of nitrogens with zero attached hydrogens (tertiary/aromatic N) is 2. The van der Waals surface area contributed by atoms with Crippen molar-refractivity contribution in [3.05, 3.63) is 21.5 Å². The number of nitrogens with one attached hydrogen (secondary N) is 2. The summed E-state index contributed by atoms with van der Waals surface area (Å²) in [5, 5.41) is 17.0. The van der Waals surface area contributed by atoms with Crippen LogP contribution in [-0.2, 0) is 11.3 Å². The molecule has 2 N–H and O–H groups in total. The number of nitro groups is 1. The second-order valence-corrected chi connectivity index (χ2v) is 3.27. The molecule has 0 saturated heterocycles. The SMILES string of the molecule is CCCc1[nH]nc(C(=O)NOCC)c1[N+](=O)[O-]. The fourth-order valence-corrected chi connectivity index (χ4v) is 1.34. The van der Waals surface area contributed by atoms with Gasteiger partial charge in [-0.15, -0.1) is 0 Å². The van der Waals surface area contributed by atoms with E-state index in [1.165, 1.54) is 0 Å². The van der Waals surface area contributed by atoms with Crippen molar-refractivity contribution in [1.82, 2.24) is 15.7 Å². The largest absolute Gasteiger partial charge is 0.323 e. The van der Waals surface area contributed by atoms with E-state index in [0.29, 0.717) is 12.1 Å². The first-order valence-corrected chi connectivity index (χ1v) is 5.25. The number of hydrogen-bond donors (Lipinski definition) is 2. The highest BCUT2D eigenvalue weighted by molar-refractivity contribution is 5.95. The third kappa shape index (κ3) is 3.00. The van der Waals surface area contributed by atoms with Gasteiger partial charge in [0.2, 0.25) is 5.69 Å². The Morgan fingerprint density at radius 2 is 2.29 bits per heavy atom. The molecule has 1 heterocycles. The summed E-state index contributed by atoms with van der Waals surface area (Å²) in [6.45, 7) is 3.83. The van der Waals surface area contributed by atoms with Crippen LogP contribution in [0.4, 0.5) is 5.69 Å². The summed E-state index contributed by atoms with van der Waals surface area (Å²) in [4.78, 5) is 26.5. The summed E-state index contributed by atoms with van der Waals surface area (Å²) in [5.41, 5.74) is 1.87. The molecular weight excluding hydrogens is 228 g/mol. The summed E-state index contributed by atoms with van der Waals surface area (Å²) in [7, 11) is 0. The number of hydroxylamine groups is 1. The first kappa shape index (κ1) is 13.1. The number of aromatic amines is 1. The zero-order valence-corrected chi connectivity index (χ0v) is 9.65. The second-order valence-electron chi connectivity index (χ2n) is 3.27. The normalized spacial score (nSPS) is 10.2. The maximum atomic E-state index is 11.5. The van der Waals surface area contributed by atoms with Gasteiger partial charge in [-0.3, -0.25) is 24.8 Å². The van der Waals surface area contributed by atoms with Crippen LogP contribution < -0.4 is 5.48 Å². The number of hydrogen-bond acceptors (Lipinski definition) is 5. The van der Waals surface area contributed by atoms with Crippen molar-refractivity contribution >= 4 is 11.6 Å². The van der Waals surface area contributed by atoms with Gasteiger partial charge in [-0.1, -0.05) is 13.3 Å². The zero-order valence-electron chi connectivity index (χ0n) is 9.65. The van der Waals surface area contributed by atoms with Crippen LogP contribution in [0, 0.1) is 10.1 Å². The fourth-order valence-electron chi connectivity index (χ4n) is 1.34. The van der Waals surface area contributed by atoms with Gasteiger partial charge in [0.05, 0.1) is 11.5 Å². The molecule has 0 atom stereocenters. The maximum Gasteiger partial charge on any atom is 0.323 e. The van der Waals surface area contributed by atoms with E-state index in [1.807, 2.05) is 6.92 Å². The predicted octanol–water partition coefficient (Wildman–Crippen LogP) is 0.952. The van der Waals surface area contributed by atoms with E-state index in [2.05, 4.69) is 20.5 Å². The molecule has 0 bridgehead atoms. The van der Waals surface area contributed by atoms with Crippen LogP contribution in [0.15, 0.2) is 0 Å². The van der Waals surface area contributed by atoms with Crippen molar-refractivity contribution < 1.29 is 14.6 Å². The molecule has 1 aromatic rings. The van der Waals surface area contributed by atoms with Crippen LogP contribution in [0.5, 0.6) is 0 Å². The van der Waals surface area contributed by atoms with Gasteiger partial charge in [0.15, 0.2) is 0 Å². The second kappa shape index (κ2) is 5.94. The van der Waals surface area contributed by atoms with E-state index >= 15 is 0 Å². The lowest BCUT2D eigenvalue weighted by molar-refractivity contribution is -0.385. The van der Waals surface area contributed by atoms with E-state index in [4.69, 9.17) is 0 Å². The first-order valence-electron chi connectivity index (χ1n) is 5.25. The Hall–Kier alpha value is -1.96. The molecule has 1 rings (SSSR count). The van der Waals surface area contributed by atoms with Crippen molar-refractivity contribution in [2.45, 2.75) is 26.7 Å². The van der Waals surface area contributed by atoms with Gasteiger partial charge < -0.3 is 0 Å². The Bertz CT molecular complexity index is 415. The summed E-state index contributed by atoms with van der Waals surface area (Å²) in [6.07, 6.45) is 1.18. The van der Waals surface area contributed by atoms with E-state index in [9.17, 15) is 14.9 Å². The summed E-state index contributed by atoms with van der Waals surface area (Å²) < 4.78 is 0. The third-order valence-electron chi connectivity index (χ3n) is 2.02. The minimum atomic E-state index is -0.725. The molecule has 0 fully saturated rings. The third-order valence-corrected chi connectivity index (χ3v) is 2.02. The number of carbonyl (C=O) groups excluding carboxylic acids is 1. The van der Waals surface area contributed by atoms with Gasteiger partial charge in [-0.05, 0) is 13.3 Å². The highest BCUT2D eigenvalue weighted by atomic mass is 16.7. The van der Waals surface area contributed by atoms with E-state index in [1.54, 1.807) is 6.92 Å². The molecular formula is C9H14N4O4. The van der Waals surface area contributed by atoms with Crippen LogP contribution in [0.25, 0.3) is 0 Å². The molecule has 0 saturated carbocycles. The lowest BCUT2D eigenvalue weighted by Gasteiger charge is -2.00.